The Balaban J connectivity index is 2.43. The molecule has 1 rings (SSSR count). The van der Waals surface area contributed by atoms with Crippen LogP contribution in [0.5, 0.6) is 0 Å². The molecule has 1 aliphatic heterocycles. The summed E-state index contributed by atoms with van der Waals surface area (Å²) in [5, 5.41) is 3.44. The van der Waals surface area contributed by atoms with Crippen molar-refractivity contribution in [2.24, 2.45) is 0 Å². The Morgan fingerprint density at radius 2 is 1.88 bits per heavy atom. The molecular weight excluding hydrogens is 226 g/mol. The molecule has 0 atom stereocenters. The van der Waals surface area contributed by atoms with E-state index in [1.54, 1.807) is 18.4 Å². The molecule has 0 aromatic heterocycles. The van der Waals surface area contributed by atoms with Crippen molar-refractivity contribution in [3.8, 4) is 0 Å². The highest BCUT2D eigenvalue weighted by Gasteiger charge is 2.28. The van der Waals surface area contributed by atoms with E-state index in [0.29, 0.717) is 19.1 Å². The smallest absolute Gasteiger partial charge is 0.281 e. The van der Waals surface area contributed by atoms with Crippen molar-refractivity contribution in [3.63, 3.8) is 0 Å². The summed E-state index contributed by atoms with van der Waals surface area (Å²) in [6.45, 7) is 4.41. The Labute approximate surface area is 99.0 Å². The van der Waals surface area contributed by atoms with E-state index in [2.05, 4.69) is 12.2 Å². The van der Waals surface area contributed by atoms with Crippen LogP contribution in [0.25, 0.3) is 0 Å². The van der Waals surface area contributed by atoms with E-state index in [-0.39, 0.29) is 0 Å². The van der Waals surface area contributed by atoms with E-state index in [0.717, 1.165) is 25.8 Å². The second kappa shape index (κ2) is 5.95. The molecule has 1 saturated heterocycles. The first-order chi connectivity index (χ1) is 7.48. The molecule has 0 unspecified atom stereocenters. The fourth-order valence-corrected chi connectivity index (χ4v) is 3.00. The summed E-state index contributed by atoms with van der Waals surface area (Å²) in [6.07, 6.45) is 2.94. The number of hydrogen-bond donors (Lipinski definition) is 1. The molecule has 0 bridgehead atoms. The van der Waals surface area contributed by atoms with E-state index in [1.165, 1.54) is 4.31 Å². The van der Waals surface area contributed by atoms with Crippen LogP contribution in [0.4, 0.5) is 0 Å². The first kappa shape index (κ1) is 13.9. The van der Waals surface area contributed by atoms with E-state index in [9.17, 15) is 8.42 Å². The van der Waals surface area contributed by atoms with Crippen LogP contribution < -0.4 is 5.32 Å². The summed E-state index contributed by atoms with van der Waals surface area (Å²) in [6, 6.07) is 0.480. The quantitative estimate of drug-likeness (QED) is 0.760. The minimum Gasteiger partial charge on any atom is -0.314 e. The molecule has 1 heterocycles. The van der Waals surface area contributed by atoms with Gasteiger partial charge in [0, 0.05) is 33.2 Å². The summed E-state index contributed by atoms with van der Waals surface area (Å²) < 4.78 is 26.5. The zero-order valence-corrected chi connectivity index (χ0v) is 11.3. The maximum Gasteiger partial charge on any atom is 0.281 e. The van der Waals surface area contributed by atoms with Crippen LogP contribution in [0, 0.1) is 0 Å². The van der Waals surface area contributed by atoms with Crippen LogP contribution in [-0.2, 0) is 10.2 Å². The van der Waals surface area contributed by atoms with E-state index in [1.807, 2.05) is 0 Å². The molecule has 0 aromatic rings. The zero-order valence-electron chi connectivity index (χ0n) is 10.4. The van der Waals surface area contributed by atoms with E-state index < -0.39 is 10.2 Å². The van der Waals surface area contributed by atoms with Gasteiger partial charge in [0.2, 0.25) is 0 Å². The molecule has 5 nitrogen and oxygen atoms in total. The summed E-state index contributed by atoms with van der Waals surface area (Å²) >= 11 is 0. The second-order valence-corrected chi connectivity index (χ2v) is 6.56. The number of rotatable bonds is 5. The van der Waals surface area contributed by atoms with Crippen molar-refractivity contribution in [3.05, 3.63) is 0 Å². The molecule has 1 aliphatic rings. The van der Waals surface area contributed by atoms with Crippen molar-refractivity contribution in [1.29, 1.82) is 0 Å². The third-order valence-electron chi connectivity index (χ3n) is 2.92. The van der Waals surface area contributed by atoms with Crippen LogP contribution in [0.1, 0.15) is 26.2 Å². The third kappa shape index (κ3) is 3.41. The fourth-order valence-electron chi connectivity index (χ4n) is 1.87. The molecule has 1 N–H and O–H groups in total. The molecule has 6 heteroatoms. The highest BCUT2D eigenvalue weighted by Crippen LogP contribution is 2.15. The molecule has 0 aromatic carbocycles. The summed E-state index contributed by atoms with van der Waals surface area (Å²) in [5.41, 5.74) is 0. The van der Waals surface area contributed by atoms with Gasteiger partial charge < -0.3 is 5.32 Å². The van der Waals surface area contributed by atoms with Crippen molar-refractivity contribution in [2.75, 3.05) is 33.7 Å². The van der Waals surface area contributed by atoms with Crippen LogP contribution >= 0.6 is 0 Å². The van der Waals surface area contributed by atoms with Crippen LogP contribution in [0.2, 0.25) is 0 Å². The van der Waals surface area contributed by atoms with E-state index in [4.69, 9.17) is 0 Å². The van der Waals surface area contributed by atoms with Gasteiger partial charge in [-0.15, -0.1) is 0 Å². The zero-order chi connectivity index (χ0) is 12.2. The molecule has 0 radical (unpaired) electrons. The number of nitrogens with zero attached hydrogens (tertiary/aromatic N) is 2. The topological polar surface area (TPSA) is 52.7 Å². The highest BCUT2D eigenvalue weighted by atomic mass is 32.2. The van der Waals surface area contributed by atoms with Crippen LogP contribution in [0.15, 0.2) is 0 Å². The van der Waals surface area contributed by atoms with Gasteiger partial charge in [-0.2, -0.15) is 17.0 Å². The lowest BCUT2D eigenvalue weighted by Crippen LogP contribution is -2.48. The maximum atomic E-state index is 11.8. The lowest BCUT2D eigenvalue weighted by atomic mass is 10.1. The van der Waals surface area contributed by atoms with Crippen LogP contribution in [0.3, 0.4) is 0 Å². The molecule has 0 amide bonds. The third-order valence-corrected chi connectivity index (χ3v) is 4.87. The van der Waals surface area contributed by atoms with Crippen molar-refractivity contribution in [1.82, 2.24) is 13.9 Å². The Morgan fingerprint density at radius 1 is 1.31 bits per heavy atom. The van der Waals surface area contributed by atoms with Crippen molar-refractivity contribution in [2.45, 2.75) is 32.2 Å². The van der Waals surface area contributed by atoms with Gasteiger partial charge in [0.15, 0.2) is 0 Å². The van der Waals surface area contributed by atoms with Gasteiger partial charge in [-0.1, -0.05) is 6.92 Å². The molecule has 16 heavy (non-hydrogen) atoms. The fraction of sp³-hybridized carbons (Fsp3) is 1.00. The average molecular weight is 249 g/mol. The molecule has 96 valence electrons. The number of nitrogens with one attached hydrogen (secondary N) is 1. The normalized spacial score (nSPS) is 20.5. The Morgan fingerprint density at radius 3 is 2.31 bits per heavy atom. The minimum absolute atomic E-state index is 0.480. The Bertz CT molecular complexity index is 295. The number of piperidine rings is 1. The predicted octanol–water partition coefficient (Wildman–Crippen LogP) is 0.257. The SMILES string of the molecule is CCCNC1CCN(S(=O)(=O)N(C)C)CC1. The molecular formula is C10H23N3O2S. The highest BCUT2D eigenvalue weighted by molar-refractivity contribution is 7.86. The van der Waals surface area contributed by atoms with Crippen LogP contribution in [-0.4, -0.2) is 56.8 Å². The molecule has 0 saturated carbocycles. The first-order valence-corrected chi connectivity index (χ1v) is 7.29. The summed E-state index contributed by atoms with van der Waals surface area (Å²) in [5.74, 6) is 0. The summed E-state index contributed by atoms with van der Waals surface area (Å²) in [7, 11) is -0.0448. The van der Waals surface area contributed by atoms with Gasteiger partial charge in [-0.05, 0) is 25.8 Å². The van der Waals surface area contributed by atoms with Gasteiger partial charge in [0.1, 0.15) is 0 Å². The van der Waals surface area contributed by atoms with Gasteiger partial charge in [-0.3, -0.25) is 0 Å². The number of hydrogen-bond acceptors (Lipinski definition) is 3. The lowest BCUT2D eigenvalue weighted by Gasteiger charge is -2.33. The first-order valence-electron chi connectivity index (χ1n) is 5.89. The monoisotopic (exact) mass is 249 g/mol. The van der Waals surface area contributed by atoms with Crippen molar-refractivity contribution >= 4 is 10.2 Å². The largest absolute Gasteiger partial charge is 0.314 e. The minimum atomic E-state index is -3.20. The van der Waals surface area contributed by atoms with Gasteiger partial charge in [-0.25, -0.2) is 0 Å². The maximum absolute atomic E-state index is 11.8. The van der Waals surface area contributed by atoms with Gasteiger partial charge in [0.05, 0.1) is 0 Å². The molecule has 0 spiro atoms. The Kier molecular flexibility index (Phi) is 5.17. The van der Waals surface area contributed by atoms with Crippen molar-refractivity contribution < 1.29 is 8.42 Å². The van der Waals surface area contributed by atoms with Gasteiger partial charge in [0.25, 0.3) is 10.2 Å². The molecule has 1 fully saturated rings. The second-order valence-electron chi connectivity index (χ2n) is 4.42. The average Bonchev–Trinajstić information content (AvgIpc) is 2.26. The lowest BCUT2D eigenvalue weighted by molar-refractivity contribution is 0.278. The predicted molar refractivity (Wildman–Crippen MR) is 65.5 cm³/mol. The summed E-state index contributed by atoms with van der Waals surface area (Å²) in [4.78, 5) is 0. The Hall–Kier alpha value is -0.170. The molecule has 0 aliphatic carbocycles. The van der Waals surface area contributed by atoms with E-state index >= 15 is 0 Å². The van der Waals surface area contributed by atoms with Gasteiger partial charge >= 0.3 is 0 Å². The standard InChI is InChI=1S/C10H23N3O2S/c1-4-7-11-10-5-8-13(9-6-10)16(14,15)12(2)3/h10-11H,4-9H2,1-3H3.